The highest BCUT2D eigenvalue weighted by Crippen LogP contribution is 2.33. The Bertz CT molecular complexity index is 387. The molecule has 0 fully saturated rings. The third kappa shape index (κ3) is 2.41. The molecular formula is C14H19NO. The Labute approximate surface area is 97.7 Å². The fourth-order valence-corrected chi connectivity index (χ4v) is 1.93. The van der Waals surface area contributed by atoms with Crippen molar-refractivity contribution in [3.05, 3.63) is 48.0 Å². The van der Waals surface area contributed by atoms with Crippen LogP contribution in [0.25, 0.3) is 0 Å². The van der Waals surface area contributed by atoms with E-state index < -0.39 is 0 Å². The van der Waals surface area contributed by atoms with E-state index in [4.69, 9.17) is 4.74 Å². The molecule has 1 aromatic heterocycles. The number of aromatic nitrogens is 1. The van der Waals surface area contributed by atoms with Gasteiger partial charge in [-0.15, -0.1) is 5.73 Å². The smallest absolute Gasteiger partial charge is 0.114 e. The Morgan fingerprint density at radius 2 is 2.38 bits per heavy atom. The monoisotopic (exact) mass is 217 g/mol. The maximum absolute atomic E-state index is 5.69. The molecule has 1 rings (SSSR count). The first-order valence-corrected chi connectivity index (χ1v) is 5.51. The summed E-state index contributed by atoms with van der Waals surface area (Å²) >= 11 is 0. The van der Waals surface area contributed by atoms with Gasteiger partial charge in [0.1, 0.15) is 5.60 Å². The standard InChI is InChI=1S/C14H19NO/c1-5-7-10-14(6-2,16-4)13-12(3)9-8-11-15-13/h7-9,11H,1,6,10H2,2-4H3. The molecule has 0 N–H and O–H groups in total. The van der Waals surface area contributed by atoms with Crippen molar-refractivity contribution in [2.45, 2.75) is 32.3 Å². The van der Waals surface area contributed by atoms with Crippen LogP contribution >= 0.6 is 0 Å². The zero-order chi connectivity index (χ0) is 12.0. The third-order valence-corrected chi connectivity index (χ3v) is 2.98. The van der Waals surface area contributed by atoms with Gasteiger partial charge in [0.15, 0.2) is 0 Å². The minimum atomic E-state index is -0.351. The maximum Gasteiger partial charge on any atom is 0.114 e. The van der Waals surface area contributed by atoms with Crippen LogP contribution in [0.3, 0.4) is 0 Å². The third-order valence-electron chi connectivity index (χ3n) is 2.98. The molecule has 0 aromatic carbocycles. The summed E-state index contributed by atoms with van der Waals surface area (Å²) in [6, 6.07) is 4.00. The number of pyridine rings is 1. The molecule has 0 saturated carbocycles. The van der Waals surface area contributed by atoms with E-state index in [1.165, 1.54) is 0 Å². The lowest BCUT2D eigenvalue weighted by Crippen LogP contribution is -2.29. The van der Waals surface area contributed by atoms with Crippen molar-refractivity contribution in [2.24, 2.45) is 0 Å². The van der Waals surface area contributed by atoms with Crippen molar-refractivity contribution < 1.29 is 4.74 Å². The van der Waals surface area contributed by atoms with Gasteiger partial charge in [0.25, 0.3) is 0 Å². The van der Waals surface area contributed by atoms with Gasteiger partial charge >= 0.3 is 0 Å². The fraction of sp³-hybridized carbons (Fsp3) is 0.429. The number of ether oxygens (including phenoxy) is 1. The van der Waals surface area contributed by atoms with E-state index in [1.807, 2.05) is 18.3 Å². The van der Waals surface area contributed by atoms with Gasteiger partial charge in [-0.2, -0.15) is 0 Å². The van der Waals surface area contributed by atoms with Crippen LogP contribution in [0.2, 0.25) is 0 Å². The number of hydrogen-bond acceptors (Lipinski definition) is 2. The van der Waals surface area contributed by atoms with Crippen LogP contribution in [0.15, 0.2) is 36.7 Å². The van der Waals surface area contributed by atoms with Crippen molar-refractivity contribution in [3.8, 4) is 0 Å². The molecule has 1 atom stereocenters. The topological polar surface area (TPSA) is 22.1 Å². The van der Waals surface area contributed by atoms with Crippen LogP contribution in [0.5, 0.6) is 0 Å². The molecule has 0 radical (unpaired) electrons. The minimum absolute atomic E-state index is 0.351. The van der Waals surface area contributed by atoms with Gasteiger partial charge in [0.2, 0.25) is 0 Å². The minimum Gasteiger partial charge on any atom is -0.372 e. The van der Waals surface area contributed by atoms with E-state index in [0.717, 1.165) is 24.1 Å². The number of aryl methyl sites for hydroxylation is 1. The summed E-state index contributed by atoms with van der Waals surface area (Å²) in [5.74, 6) is 0. The van der Waals surface area contributed by atoms with E-state index in [1.54, 1.807) is 7.11 Å². The second-order valence-corrected chi connectivity index (χ2v) is 3.83. The molecule has 1 aromatic rings. The van der Waals surface area contributed by atoms with Gasteiger partial charge in [-0.05, 0) is 31.1 Å². The molecule has 0 saturated heterocycles. The van der Waals surface area contributed by atoms with E-state index in [9.17, 15) is 0 Å². The zero-order valence-electron chi connectivity index (χ0n) is 10.3. The second-order valence-electron chi connectivity index (χ2n) is 3.83. The summed E-state index contributed by atoms with van der Waals surface area (Å²) < 4.78 is 5.69. The van der Waals surface area contributed by atoms with Crippen molar-refractivity contribution >= 4 is 0 Å². The summed E-state index contributed by atoms with van der Waals surface area (Å²) in [4.78, 5) is 4.45. The van der Waals surface area contributed by atoms with E-state index in [2.05, 4.69) is 37.2 Å². The largest absolute Gasteiger partial charge is 0.372 e. The lowest BCUT2D eigenvalue weighted by Gasteiger charge is -2.30. The molecule has 0 spiro atoms. The molecule has 0 aliphatic heterocycles. The molecule has 2 nitrogen and oxygen atoms in total. The average molecular weight is 217 g/mol. The Hall–Kier alpha value is -1.37. The highest BCUT2D eigenvalue weighted by molar-refractivity contribution is 5.25. The summed E-state index contributed by atoms with van der Waals surface area (Å²) in [5, 5.41) is 0. The second kappa shape index (κ2) is 5.64. The van der Waals surface area contributed by atoms with E-state index >= 15 is 0 Å². The van der Waals surface area contributed by atoms with Crippen molar-refractivity contribution in [1.82, 2.24) is 4.98 Å². The highest BCUT2D eigenvalue weighted by Gasteiger charge is 2.31. The SMILES string of the molecule is C=C=CCC(CC)(OC)c1ncccc1C. The van der Waals surface area contributed by atoms with Crippen molar-refractivity contribution in [2.75, 3.05) is 7.11 Å². The molecule has 1 heterocycles. The van der Waals surface area contributed by atoms with Crippen LogP contribution in [-0.4, -0.2) is 12.1 Å². The zero-order valence-corrected chi connectivity index (χ0v) is 10.3. The molecule has 2 heteroatoms. The summed E-state index contributed by atoms with van der Waals surface area (Å²) in [6.45, 7) is 7.76. The normalized spacial score (nSPS) is 13.9. The Morgan fingerprint density at radius 3 is 2.88 bits per heavy atom. The van der Waals surface area contributed by atoms with Crippen molar-refractivity contribution in [1.29, 1.82) is 0 Å². The summed E-state index contributed by atoms with van der Waals surface area (Å²) in [7, 11) is 1.73. The highest BCUT2D eigenvalue weighted by atomic mass is 16.5. The molecular weight excluding hydrogens is 198 g/mol. The average Bonchev–Trinajstić information content (AvgIpc) is 2.33. The molecule has 0 bridgehead atoms. The molecule has 0 aliphatic rings. The van der Waals surface area contributed by atoms with Crippen LogP contribution in [-0.2, 0) is 10.3 Å². The van der Waals surface area contributed by atoms with Crippen LogP contribution < -0.4 is 0 Å². The van der Waals surface area contributed by atoms with E-state index in [0.29, 0.717) is 0 Å². The summed E-state index contributed by atoms with van der Waals surface area (Å²) in [5.41, 5.74) is 4.61. The lowest BCUT2D eigenvalue weighted by atomic mass is 9.89. The Kier molecular flexibility index (Phi) is 4.48. The number of nitrogens with zero attached hydrogens (tertiary/aromatic N) is 1. The summed E-state index contributed by atoms with van der Waals surface area (Å²) in [6.07, 6.45) is 5.34. The van der Waals surface area contributed by atoms with Crippen LogP contribution in [0.1, 0.15) is 31.0 Å². The number of rotatable bonds is 5. The van der Waals surface area contributed by atoms with Gasteiger partial charge in [0.05, 0.1) is 5.69 Å². The first-order chi connectivity index (χ1) is 7.70. The Morgan fingerprint density at radius 1 is 1.62 bits per heavy atom. The van der Waals surface area contributed by atoms with Crippen LogP contribution in [0, 0.1) is 6.92 Å². The fourth-order valence-electron chi connectivity index (χ4n) is 1.93. The molecule has 0 amide bonds. The lowest BCUT2D eigenvalue weighted by molar-refractivity contribution is -0.0200. The molecule has 1 unspecified atom stereocenters. The molecule has 86 valence electrons. The van der Waals surface area contributed by atoms with Gasteiger partial charge in [-0.1, -0.05) is 19.6 Å². The first kappa shape index (κ1) is 12.7. The number of hydrogen-bond donors (Lipinski definition) is 0. The molecule has 0 aliphatic carbocycles. The first-order valence-electron chi connectivity index (χ1n) is 5.51. The van der Waals surface area contributed by atoms with Crippen molar-refractivity contribution in [3.63, 3.8) is 0 Å². The van der Waals surface area contributed by atoms with Gasteiger partial charge < -0.3 is 4.74 Å². The predicted octanol–water partition coefficient (Wildman–Crippen LogP) is 3.37. The maximum atomic E-state index is 5.69. The molecule has 16 heavy (non-hydrogen) atoms. The van der Waals surface area contributed by atoms with Gasteiger partial charge in [-0.25, -0.2) is 0 Å². The number of methoxy groups -OCH3 is 1. The van der Waals surface area contributed by atoms with Gasteiger partial charge in [0, 0.05) is 19.7 Å². The van der Waals surface area contributed by atoms with Gasteiger partial charge in [-0.3, -0.25) is 4.98 Å². The quantitative estimate of drug-likeness (QED) is 0.705. The predicted molar refractivity (Wildman–Crippen MR) is 66.3 cm³/mol. The van der Waals surface area contributed by atoms with Crippen LogP contribution in [0.4, 0.5) is 0 Å². The van der Waals surface area contributed by atoms with E-state index in [-0.39, 0.29) is 5.60 Å². The Balaban J connectivity index is 3.19.